The van der Waals surface area contributed by atoms with Crippen molar-refractivity contribution < 1.29 is 18.0 Å². The maximum absolute atomic E-state index is 13.9. The number of amides is 1. The zero-order valence-electron chi connectivity index (χ0n) is 16.4. The van der Waals surface area contributed by atoms with Gasteiger partial charge in [-0.3, -0.25) is 4.79 Å². The van der Waals surface area contributed by atoms with E-state index in [1.165, 1.54) is 30.9 Å². The fraction of sp³-hybridized carbons (Fsp3) is 0.0526. The highest BCUT2D eigenvalue weighted by Crippen LogP contribution is 2.30. The van der Waals surface area contributed by atoms with Crippen LogP contribution in [0.15, 0.2) is 66.7 Å². The minimum atomic E-state index is -4.99. The van der Waals surface area contributed by atoms with E-state index in [1.54, 1.807) is 28.9 Å². The van der Waals surface area contributed by atoms with Crippen molar-refractivity contribution in [3.63, 3.8) is 0 Å². The van der Waals surface area contributed by atoms with Crippen LogP contribution in [-0.4, -0.2) is 47.7 Å². The van der Waals surface area contributed by atoms with Crippen LogP contribution in [0.3, 0.4) is 0 Å². The molecule has 0 aliphatic rings. The average molecular weight is 476 g/mol. The van der Waals surface area contributed by atoms with Crippen molar-refractivity contribution in [3.05, 3.63) is 71.7 Å². The highest BCUT2D eigenvalue weighted by Gasteiger charge is 2.39. The van der Waals surface area contributed by atoms with Crippen molar-refractivity contribution in [2.75, 3.05) is 10.6 Å². The van der Waals surface area contributed by atoms with Gasteiger partial charge >= 0.3 is 6.18 Å². The number of nitrogens with one attached hydrogen (secondary N) is 3. The Balaban J connectivity index is 1.66. The molecule has 10 nitrogen and oxygen atoms in total. The van der Waals surface area contributed by atoms with E-state index >= 15 is 0 Å². The standard InChI is InChI=1S/C19H13ClF3N9O/c20-13-8-11(10-26-17(13)32-27-3-4-28-32)29-18(33)12(9-24)15(19(21,22)23)30-16-14-2-1-6-31(14)7-5-25-16/h1-10,24H,(H,25,30)(H,29,33)/b15-12+,24-9?. The third-order valence-electron chi connectivity index (χ3n) is 4.33. The first-order valence-corrected chi connectivity index (χ1v) is 9.50. The number of aromatic nitrogens is 6. The second-order valence-electron chi connectivity index (χ2n) is 6.43. The van der Waals surface area contributed by atoms with Gasteiger partial charge in [0.15, 0.2) is 11.6 Å². The summed E-state index contributed by atoms with van der Waals surface area (Å²) in [7, 11) is 0. The van der Waals surface area contributed by atoms with E-state index in [1.807, 2.05) is 0 Å². The monoisotopic (exact) mass is 475 g/mol. The first-order valence-electron chi connectivity index (χ1n) is 9.12. The lowest BCUT2D eigenvalue weighted by Crippen LogP contribution is -2.28. The quantitative estimate of drug-likeness (QED) is 0.289. The molecule has 0 aromatic carbocycles. The van der Waals surface area contributed by atoms with Gasteiger partial charge in [-0.1, -0.05) is 11.6 Å². The minimum Gasteiger partial charge on any atom is -0.334 e. The van der Waals surface area contributed by atoms with Crippen LogP contribution >= 0.6 is 11.6 Å². The van der Waals surface area contributed by atoms with Gasteiger partial charge in [-0.2, -0.15) is 23.4 Å². The molecule has 3 N–H and O–H groups in total. The number of fused-ring (bicyclic) bond motifs is 1. The maximum Gasteiger partial charge on any atom is 0.432 e. The Kier molecular flexibility index (Phi) is 5.79. The number of hydrogen-bond donors (Lipinski definition) is 3. The number of anilines is 2. The van der Waals surface area contributed by atoms with Crippen molar-refractivity contribution in [1.82, 2.24) is 29.4 Å². The van der Waals surface area contributed by atoms with Gasteiger partial charge in [0.2, 0.25) is 0 Å². The molecule has 0 atom stereocenters. The van der Waals surface area contributed by atoms with Crippen molar-refractivity contribution in [2.24, 2.45) is 0 Å². The lowest BCUT2D eigenvalue weighted by molar-refractivity contribution is -0.114. The van der Waals surface area contributed by atoms with Crippen molar-refractivity contribution in [2.45, 2.75) is 6.18 Å². The van der Waals surface area contributed by atoms with E-state index in [9.17, 15) is 18.0 Å². The number of carbonyl (C=O) groups excluding carboxylic acids is 1. The molecule has 0 aliphatic carbocycles. The van der Waals surface area contributed by atoms with Crippen molar-refractivity contribution in [3.8, 4) is 5.82 Å². The average Bonchev–Trinajstić information content (AvgIpc) is 3.45. The normalized spacial score (nSPS) is 12.4. The summed E-state index contributed by atoms with van der Waals surface area (Å²) < 4.78 is 43.1. The predicted octanol–water partition coefficient (Wildman–Crippen LogP) is 3.48. The van der Waals surface area contributed by atoms with Crippen LogP contribution < -0.4 is 10.6 Å². The topological polar surface area (TPSA) is 126 Å². The van der Waals surface area contributed by atoms with Gasteiger partial charge in [-0.05, 0) is 18.2 Å². The molecule has 0 bridgehead atoms. The number of nitrogens with zero attached hydrogens (tertiary/aromatic N) is 6. The molecule has 33 heavy (non-hydrogen) atoms. The molecule has 0 aliphatic heterocycles. The Hall–Kier alpha value is -4.26. The Morgan fingerprint density at radius 3 is 2.55 bits per heavy atom. The Morgan fingerprint density at radius 2 is 1.88 bits per heavy atom. The molecule has 4 heterocycles. The van der Waals surface area contributed by atoms with Crippen LogP contribution in [0.5, 0.6) is 0 Å². The summed E-state index contributed by atoms with van der Waals surface area (Å²) >= 11 is 6.13. The van der Waals surface area contributed by atoms with Gasteiger partial charge in [-0.25, -0.2) is 9.97 Å². The van der Waals surface area contributed by atoms with Gasteiger partial charge in [0, 0.05) is 24.8 Å². The van der Waals surface area contributed by atoms with E-state index in [4.69, 9.17) is 17.0 Å². The van der Waals surface area contributed by atoms with Crippen molar-refractivity contribution in [1.29, 1.82) is 5.41 Å². The fourth-order valence-electron chi connectivity index (χ4n) is 2.90. The SMILES string of the molecule is N=C/C(C(=O)Nc1cnc(-n2nccn2)c(Cl)c1)=C(\Nc1nccn2cccc12)C(F)(F)F. The zero-order valence-corrected chi connectivity index (χ0v) is 17.1. The molecule has 0 radical (unpaired) electrons. The summed E-state index contributed by atoms with van der Waals surface area (Å²) in [5.41, 5.74) is -2.06. The van der Waals surface area contributed by atoms with Crippen LogP contribution in [-0.2, 0) is 4.79 Å². The van der Waals surface area contributed by atoms with Crippen LogP contribution in [0.1, 0.15) is 0 Å². The largest absolute Gasteiger partial charge is 0.432 e. The molecule has 0 spiro atoms. The summed E-state index contributed by atoms with van der Waals surface area (Å²) in [6.45, 7) is 0. The van der Waals surface area contributed by atoms with E-state index in [0.29, 0.717) is 11.7 Å². The lowest BCUT2D eigenvalue weighted by atomic mass is 10.2. The summed E-state index contributed by atoms with van der Waals surface area (Å²) in [6.07, 6.45) is 3.79. The van der Waals surface area contributed by atoms with Gasteiger partial charge < -0.3 is 20.4 Å². The predicted molar refractivity (Wildman–Crippen MR) is 113 cm³/mol. The van der Waals surface area contributed by atoms with E-state index in [-0.39, 0.29) is 22.3 Å². The summed E-state index contributed by atoms with van der Waals surface area (Å²) in [4.78, 5) is 21.8. The van der Waals surface area contributed by atoms with E-state index < -0.39 is 23.4 Å². The first-order chi connectivity index (χ1) is 15.8. The molecule has 14 heteroatoms. The lowest BCUT2D eigenvalue weighted by Gasteiger charge is -2.17. The molecule has 0 saturated heterocycles. The molecular formula is C19H13ClF3N9O. The smallest absolute Gasteiger partial charge is 0.334 e. The Labute approximate surface area is 188 Å². The Bertz CT molecular complexity index is 1360. The molecule has 4 rings (SSSR count). The van der Waals surface area contributed by atoms with E-state index in [2.05, 4.69) is 30.8 Å². The molecule has 0 fully saturated rings. The Morgan fingerprint density at radius 1 is 1.12 bits per heavy atom. The van der Waals surface area contributed by atoms with Crippen molar-refractivity contribution >= 4 is 40.7 Å². The minimum absolute atomic E-state index is 0.00796. The number of alkyl halides is 3. The van der Waals surface area contributed by atoms with Gasteiger partial charge in [0.05, 0.1) is 40.4 Å². The van der Waals surface area contributed by atoms with Crippen LogP contribution in [0.4, 0.5) is 24.7 Å². The van der Waals surface area contributed by atoms with E-state index in [0.717, 1.165) is 4.80 Å². The number of hydrogen-bond acceptors (Lipinski definition) is 7. The number of rotatable bonds is 6. The van der Waals surface area contributed by atoms with Gasteiger partial charge in [0.25, 0.3) is 5.91 Å². The second kappa shape index (κ2) is 8.70. The number of halogens is 4. The molecule has 1 amide bonds. The van der Waals surface area contributed by atoms with Gasteiger partial charge in [0.1, 0.15) is 5.70 Å². The molecule has 168 valence electrons. The summed E-state index contributed by atoms with van der Waals surface area (Å²) in [5, 5.41) is 19.7. The molecule has 4 aromatic rings. The number of allylic oxidation sites excluding steroid dienone is 1. The molecule has 0 unspecified atom stereocenters. The summed E-state index contributed by atoms with van der Waals surface area (Å²) in [6, 6.07) is 4.45. The van der Waals surface area contributed by atoms with Gasteiger partial charge in [-0.15, -0.1) is 4.80 Å². The first kappa shape index (κ1) is 22.0. The fourth-order valence-corrected chi connectivity index (χ4v) is 3.14. The molecule has 4 aromatic heterocycles. The van der Waals surface area contributed by atoms with Crippen LogP contribution in [0.25, 0.3) is 11.3 Å². The molecular weight excluding hydrogens is 463 g/mol. The highest BCUT2D eigenvalue weighted by molar-refractivity contribution is 6.32. The number of pyridine rings is 1. The maximum atomic E-state index is 13.9. The highest BCUT2D eigenvalue weighted by atomic mass is 35.5. The third kappa shape index (κ3) is 4.52. The summed E-state index contributed by atoms with van der Waals surface area (Å²) in [5.74, 6) is -1.18. The molecule has 0 saturated carbocycles. The van der Waals surface area contributed by atoms with Crippen LogP contribution in [0.2, 0.25) is 5.02 Å². The van der Waals surface area contributed by atoms with Crippen LogP contribution in [0, 0.1) is 5.41 Å². The zero-order chi connectivity index (χ0) is 23.6. The second-order valence-corrected chi connectivity index (χ2v) is 6.84. The number of carbonyl (C=O) groups is 1. The third-order valence-corrected chi connectivity index (χ3v) is 4.60.